The smallest absolute Gasteiger partial charge is 0.326 e. The molecule has 0 spiro atoms. The van der Waals surface area contributed by atoms with Crippen LogP contribution in [0.1, 0.15) is 6.42 Å². The molecule has 15 heavy (non-hydrogen) atoms. The van der Waals surface area contributed by atoms with Gasteiger partial charge in [-0.15, -0.1) is 6.58 Å². The molecule has 1 aliphatic rings. The Morgan fingerprint density at radius 2 is 2.27 bits per heavy atom. The number of aliphatic hydroxyl groups excluding tert-OH is 1. The summed E-state index contributed by atoms with van der Waals surface area (Å²) in [5.74, 6) is -1.10. The molecular formula is C9H14N2O4. The van der Waals surface area contributed by atoms with Gasteiger partial charge in [-0.3, -0.25) is 0 Å². The number of urea groups is 1. The van der Waals surface area contributed by atoms with E-state index in [4.69, 9.17) is 5.11 Å². The van der Waals surface area contributed by atoms with Gasteiger partial charge in [0.25, 0.3) is 0 Å². The molecule has 1 aliphatic heterocycles. The molecule has 0 radical (unpaired) electrons. The molecule has 2 atom stereocenters. The molecule has 1 fully saturated rings. The van der Waals surface area contributed by atoms with Crippen LogP contribution in [0.15, 0.2) is 12.7 Å². The third-order valence-corrected chi connectivity index (χ3v) is 2.22. The van der Waals surface area contributed by atoms with Gasteiger partial charge in [-0.05, 0) is 0 Å². The number of hydrogen-bond acceptors (Lipinski definition) is 3. The van der Waals surface area contributed by atoms with E-state index in [1.54, 1.807) is 0 Å². The maximum absolute atomic E-state index is 11.5. The lowest BCUT2D eigenvalue weighted by atomic mass is 10.2. The second kappa shape index (κ2) is 4.79. The normalized spacial score (nSPS) is 25.0. The van der Waals surface area contributed by atoms with E-state index in [2.05, 4.69) is 11.9 Å². The van der Waals surface area contributed by atoms with Gasteiger partial charge in [0.15, 0.2) is 0 Å². The van der Waals surface area contributed by atoms with E-state index in [1.807, 2.05) is 0 Å². The zero-order valence-electron chi connectivity index (χ0n) is 8.22. The average Bonchev–Trinajstić information content (AvgIpc) is 2.57. The summed E-state index contributed by atoms with van der Waals surface area (Å²) in [7, 11) is 0. The predicted molar refractivity (Wildman–Crippen MR) is 52.3 cm³/mol. The molecule has 1 saturated heterocycles. The van der Waals surface area contributed by atoms with Crippen LogP contribution in [0.4, 0.5) is 4.79 Å². The lowest BCUT2D eigenvalue weighted by molar-refractivity contribution is -0.141. The van der Waals surface area contributed by atoms with E-state index in [0.717, 1.165) is 4.90 Å². The summed E-state index contributed by atoms with van der Waals surface area (Å²) in [6.45, 7) is 3.76. The Hall–Kier alpha value is -1.56. The molecule has 0 bridgehead atoms. The van der Waals surface area contributed by atoms with Crippen molar-refractivity contribution in [2.24, 2.45) is 0 Å². The zero-order valence-corrected chi connectivity index (χ0v) is 8.22. The molecule has 0 aromatic rings. The fraction of sp³-hybridized carbons (Fsp3) is 0.556. The monoisotopic (exact) mass is 214 g/mol. The van der Waals surface area contributed by atoms with Gasteiger partial charge >= 0.3 is 12.0 Å². The number of rotatable bonds is 3. The molecule has 1 heterocycles. The lowest BCUT2D eigenvalue weighted by Gasteiger charge is -2.20. The van der Waals surface area contributed by atoms with Crippen LogP contribution < -0.4 is 5.32 Å². The summed E-state index contributed by atoms with van der Waals surface area (Å²) >= 11 is 0. The van der Waals surface area contributed by atoms with Gasteiger partial charge in [0.1, 0.15) is 6.04 Å². The van der Waals surface area contributed by atoms with Crippen molar-refractivity contribution in [3.63, 3.8) is 0 Å². The van der Waals surface area contributed by atoms with Gasteiger partial charge in [-0.25, -0.2) is 9.59 Å². The van der Waals surface area contributed by atoms with Gasteiger partial charge in [0.05, 0.1) is 6.10 Å². The Bertz CT molecular complexity index is 279. The van der Waals surface area contributed by atoms with Crippen molar-refractivity contribution >= 4 is 12.0 Å². The van der Waals surface area contributed by atoms with E-state index in [9.17, 15) is 14.7 Å². The second-order valence-electron chi connectivity index (χ2n) is 3.37. The number of carboxylic acids is 1. The van der Waals surface area contributed by atoms with Crippen molar-refractivity contribution in [2.45, 2.75) is 18.6 Å². The molecule has 6 nitrogen and oxygen atoms in total. The summed E-state index contributed by atoms with van der Waals surface area (Å²) < 4.78 is 0. The molecule has 0 aromatic carbocycles. The largest absolute Gasteiger partial charge is 0.480 e. The maximum atomic E-state index is 11.5. The highest BCUT2D eigenvalue weighted by Crippen LogP contribution is 2.17. The molecule has 3 N–H and O–H groups in total. The number of β-amino-alcohol motifs (C(OH)–C–C–N with tert-alkyl or cyclic N) is 1. The van der Waals surface area contributed by atoms with Crippen molar-refractivity contribution < 1.29 is 19.8 Å². The fourth-order valence-corrected chi connectivity index (χ4v) is 1.53. The first kappa shape index (κ1) is 11.5. The van der Waals surface area contributed by atoms with Crippen LogP contribution in [0.3, 0.4) is 0 Å². The van der Waals surface area contributed by atoms with Crippen LogP contribution in [-0.2, 0) is 4.79 Å². The molecule has 2 amide bonds. The second-order valence-corrected chi connectivity index (χ2v) is 3.37. The number of aliphatic carboxylic acids is 1. The fourth-order valence-electron chi connectivity index (χ4n) is 1.53. The first-order valence-corrected chi connectivity index (χ1v) is 4.62. The zero-order chi connectivity index (χ0) is 11.4. The quantitative estimate of drug-likeness (QED) is 0.547. The number of likely N-dealkylation sites (tertiary alicyclic amines) is 1. The highest BCUT2D eigenvalue weighted by atomic mass is 16.4. The van der Waals surface area contributed by atoms with Crippen LogP contribution in [0, 0.1) is 0 Å². The summed E-state index contributed by atoms with van der Waals surface area (Å²) in [4.78, 5) is 23.4. The van der Waals surface area contributed by atoms with Crippen molar-refractivity contribution in [3.8, 4) is 0 Å². The van der Waals surface area contributed by atoms with E-state index >= 15 is 0 Å². The SMILES string of the molecule is C=CCNC(=O)N1C[C@H](O)C[C@H]1C(=O)O. The number of aliphatic hydroxyl groups is 1. The number of amides is 2. The first-order chi connectivity index (χ1) is 7.06. The summed E-state index contributed by atoms with van der Waals surface area (Å²) in [6.07, 6.45) is 0.817. The Kier molecular flexibility index (Phi) is 3.68. The number of nitrogens with zero attached hydrogens (tertiary/aromatic N) is 1. The van der Waals surface area contributed by atoms with Crippen LogP contribution >= 0.6 is 0 Å². The Morgan fingerprint density at radius 1 is 1.60 bits per heavy atom. The van der Waals surface area contributed by atoms with E-state index in [0.29, 0.717) is 0 Å². The first-order valence-electron chi connectivity index (χ1n) is 4.62. The van der Waals surface area contributed by atoms with Crippen molar-refractivity contribution in [1.82, 2.24) is 10.2 Å². The number of hydrogen-bond donors (Lipinski definition) is 3. The highest BCUT2D eigenvalue weighted by Gasteiger charge is 2.38. The van der Waals surface area contributed by atoms with Crippen LogP contribution in [-0.4, -0.2) is 52.3 Å². The lowest BCUT2D eigenvalue weighted by Crippen LogP contribution is -2.46. The van der Waals surface area contributed by atoms with E-state index in [1.165, 1.54) is 6.08 Å². The molecular weight excluding hydrogens is 200 g/mol. The molecule has 84 valence electrons. The number of carboxylic acid groups (broad SMARTS) is 1. The Morgan fingerprint density at radius 3 is 2.80 bits per heavy atom. The van der Waals surface area contributed by atoms with E-state index < -0.39 is 24.1 Å². The van der Waals surface area contributed by atoms with Crippen LogP contribution in [0.5, 0.6) is 0 Å². The topological polar surface area (TPSA) is 89.9 Å². The number of carbonyl (C=O) groups excluding carboxylic acids is 1. The highest BCUT2D eigenvalue weighted by molar-refractivity contribution is 5.83. The predicted octanol–water partition coefficient (Wildman–Crippen LogP) is -0.598. The van der Waals surface area contributed by atoms with Gasteiger partial charge in [-0.2, -0.15) is 0 Å². The molecule has 0 aliphatic carbocycles. The number of nitrogens with one attached hydrogen (secondary N) is 1. The maximum Gasteiger partial charge on any atom is 0.326 e. The summed E-state index contributed by atoms with van der Waals surface area (Å²) in [6, 6.07) is -1.43. The van der Waals surface area contributed by atoms with Crippen molar-refractivity contribution in [1.29, 1.82) is 0 Å². The minimum atomic E-state index is -1.10. The number of carbonyl (C=O) groups is 2. The average molecular weight is 214 g/mol. The van der Waals surface area contributed by atoms with Gasteiger partial charge in [-0.1, -0.05) is 6.08 Å². The van der Waals surface area contributed by atoms with Gasteiger partial charge in [0, 0.05) is 19.5 Å². The minimum Gasteiger partial charge on any atom is -0.480 e. The van der Waals surface area contributed by atoms with Crippen molar-refractivity contribution in [3.05, 3.63) is 12.7 Å². The third kappa shape index (κ3) is 2.69. The summed E-state index contributed by atoms with van der Waals surface area (Å²) in [5.41, 5.74) is 0. The molecule has 0 saturated carbocycles. The minimum absolute atomic E-state index is 0.0555. The summed E-state index contributed by atoms with van der Waals surface area (Å²) in [5, 5.41) is 20.6. The van der Waals surface area contributed by atoms with Crippen LogP contribution in [0.25, 0.3) is 0 Å². The molecule has 0 aromatic heterocycles. The molecule has 1 rings (SSSR count). The third-order valence-electron chi connectivity index (χ3n) is 2.22. The standard InChI is InChI=1S/C9H14N2O4/c1-2-3-10-9(15)11-5-6(12)4-7(11)8(13)14/h2,6-7,12H,1,3-5H2,(H,10,15)(H,13,14)/t6-,7+/m1/s1. The Balaban J connectivity index is 2.62. The molecule has 6 heteroatoms. The van der Waals surface area contributed by atoms with Crippen LogP contribution in [0.2, 0.25) is 0 Å². The van der Waals surface area contributed by atoms with Gasteiger partial charge in [0.2, 0.25) is 0 Å². The van der Waals surface area contributed by atoms with Crippen molar-refractivity contribution in [2.75, 3.05) is 13.1 Å². The van der Waals surface area contributed by atoms with Gasteiger partial charge < -0.3 is 20.4 Å². The Labute approximate surface area is 87.2 Å². The van der Waals surface area contributed by atoms with E-state index in [-0.39, 0.29) is 19.5 Å². The molecule has 0 unspecified atom stereocenters.